The summed E-state index contributed by atoms with van der Waals surface area (Å²) in [5, 5.41) is 13.4. The van der Waals surface area contributed by atoms with Gasteiger partial charge in [-0.1, -0.05) is 0 Å². The maximum atomic E-state index is 11.3. The third kappa shape index (κ3) is 3.29. The van der Waals surface area contributed by atoms with Gasteiger partial charge in [-0.05, 0) is 62.4 Å². The van der Waals surface area contributed by atoms with E-state index >= 15 is 0 Å². The number of rotatable bonds is 3. The summed E-state index contributed by atoms with van der Waals surface area (Å²) < 4.78 is 1.14. The molecule has 1 amide bonds. The van der Waals surface area contributed by atoms with Gasteiger partial charge >= 0.3 is 0 Å². The molecule has 0 bridgehead atoms. The largest absolute Gasteiger partial charge is 0.506 e. The Morgan fingerprint density at radius 3 is 2.53 bits per heavy atom. The lowest BCUT2D eigenvalue weighted by molar-refractivity contribution is -0.122. The zero-order valence-corrected chi connectivity index (χ0v) is 12.0. The monoisotopic (exact) mass is 360 g/mol. The zero-order valence-electron chi connectivity index (χ0n) is 8.78. The van der Waals surface area contributed by atoms with Crippen molar-refractivity contribution in [2.75, 3.05) is 0 Å². The molecule has 90 valence electrons. The fraction of sp³-hybridized carbons (Fsp3) is 0.273. The van der Waals surface area contributed by atoms with Crippen molar-refractivity contribution in [3.05, 3.63) is 26.6 Å². The molecule has 0 aromatic heterocycles. The Labute approximate surface area is 115 Å². The number of nitrogens with one attached hydrogen (secondary N) is 1. The van der Waals surface area contributed by atoms with Crippen LogP contribution in [0.2, 0.25) is 0 Å². The fourth-order valence-electron chi connectivity index (χ4n) is 1.27. The number of carbonyl (C=O) groups is 1. The smallest absolute Gasteiger partial charge is 0.243 e. The first-order valence-corrected chi connectivity index (χ1v) is 6.67. The van der Waals surface area contributed by atoms with Gasteiger partial charge in [0.1, 0.15) is 5.75 Å². The standard InChI is InChI=1S/C11H10Br2N2O2/c12-8-3-6(4-9(13)10(8)16)5-14-15-11(17)7-1-2-7/h3-5,7,16H,1-2H2,(H,15,17). The molecule has 0 heterocycles. The topological polar surface area (TPSA) is 61.7 Å². The Morgan fingerprint density at radius 1 is 1.41 bits per heavy atom. The van der Waals surface area contributed by atoms with Crippen LogP contribution in [0, 0.1) is 5.92 Å². The molecule has 1 aromatic carbocycles. The number of carbonyl (C=O) groups excluding carboxylic acids is 1. The van der Waals surface area contributed by atoms with E-state index in [2.05, 4.69) is 42.4 Å². The molecular formula is C11H10Br2N2O2. The van der Waals surface area contributed by atoms with Gasteiger partial charge in [0.05, 0.1) is 15.2 Å². The van der Waals surface area contributed by atoms with E-state index in [0.717, 1.165) is 18.4 Å². The van der Waals surface area contributed by atoms with Crippen molar-refractivity contribution in [3.8, 4) is 5.75 Å². The molecule has 2 N–H and O–H groups in total. The molecule has 6 heteroatoms. The first kappa shape index (κ1) is 12.6. The highest BCUT2D eigenvalue weighted by Gasteiger charge is 2.29. The average molecular weight is 362 g/mol. The van der Waals surface area contributed by atoms with Gasteiger partial charge in [-0.3, -0.25) is 4.79 Å². The van der Waals surface area contributed by atoms with E-state index in [9.17, 15) is 9.90 Å². The Hall–Kier alpha value is -0.880. The second kappa shape index (κ2) is 5.18. The van der Waals surface area contributed by atoms with Crippen LogP contribution in [-0.2, 0) is 4.79 Å². The number of phenolic OH excluding ortho intramolecular Hbond substituents is 1. The van der Waals surface area contributed by atoms with Gasteiger partial charge in [0, 0.05) is 5.92 Å². The minimum Gasteiger partial charge on any atom is -0.506 e. The van der Waals surface area contributed by atoms with Gasteiger partial charge in [-0.15, -0.1) is 0 Å². The second-order valence-electron chi connectivity index (χ2n) is 3.84. The molecular weight excluding hydrogens is 352 g/mol. The zero-order chi connectivity index (χ0) is 12.4. The number of benzene rings is 1. The number of hydrogen-bond acceptors (Lipinski definition) is 3. The van der Waals surface area contributed by atoms with Crippen LogP contribution in [0.25, 0.3) is 0 Å². The van der Waals surface area contributed by atoms with Crippen LogP contribution in [0.5, 0.6) is 5.75 Å². The summed E-state index contributed by atoms with van der Waals surface area (Å²) in [6, 6.07) is 3.43. The maximum absolute atomic E-state index is 11.3. The van der Waals surface area contributed by atoms with Crippen molar-refractivity contribution in [2.45, 2.75) is 12.8 Å². The molecule has 1 aliphatic rings. The number of aromatic hydroxyl groups is 1. The van der Waals surface area contributed by atoms with E-state index in [4.69, 9.17) is 0 Å². The van der Waals surface area contributed by atoms with Crippen LogP contribution < -0.4 is 5.43 Å². The van der Waals surface area contributed by atoms with Crippen molar-refractivity contribution < 1.29 is 9.90 Å². The highest BCUT2D eigenvalue weighted by molar-refractivity contribution is 9.11. The number of nitrogens with zero attached hydrogens (tertiary/aromatic N) is 1. The summed E-state index contributed by atoms with van der Waals surface area (Å²) in [6.45, 7) is 0. The van der Waals surface area contributed by atoms with Gasteiger partial charge in [-0.25, -0.2) is 5.43 Å². The maximum Gasteiger partial charge on any atom is 0.243 e. The molecule has 1 aromatic rings. The molecule has 0 atom stereocenters. The lowest BCUT2D eigenvalue weighted by atomic mass is 10.2. The first-order chi connectivity index (χ1) is 8.08. The molecule has 1 fully saturated rings. The fourth-order valence-corrected chi connectivity index (χ4v) is 2.49. The second-order valence-corrected chi connectivity index (χ2v) is 5.55. The van der Waals surface area contributed by atoms with Crippen LogP contribution >= 0.6 is 31.9 Å². The van der Waals surface area contributed by atoms with Crippen molar-refractivity contribution >= 4 is 44.0 Å². The Balaban J connectivity index is 2.02. The SMILES string of the molecule is O=C(NN=Cc1cc(Br)c(O)c(Br)c1)C1CC1. The third-order valence-electron chi connectivity index (χ3n) is 2.38. The predicted octanol–water partition coefficient (Wildman–Crippen LogP) is 2.78. The molecule has 2 rings (SSSR count). The van der Waals surface area contributed by atoms with Crippen molar-refractivity contribution in [3.63, 3.8) is 0 Å². The summed E-state index contributed by atoms with van der Waals surface area (Å²) >= 11 is 6.44. The van der Waals surface area contributed by atoms with E-state index in [1.807, 2.05) is 0 Å². The minimum atomic E-state index is -0.0295. The lowest BCUT2D eigenvalue weighted by Crippen LogP contribution is -2.18. The van der Waals surface area contributed by atoms with Crippen LogP contribution in [0.15, 0.2) is 26.2 Å². The summed E-state index contributed by atoms with van der Waals surface area (Å²) in [5.41, 5.74) is 3.26. The van der Waals surface area contributed by atoms with Crippen LogP contribution in [-0.4, -0.2) is 17.2 Å². The first-order valence-electron chi connectivity index (χ1n) is 5.09. The normalized spacial score (nSPS) is 15.2. The Kier molecular flexibility index (Phi) is 3.83. The summed E-state index contributed by atoms with van der Waals surface area (Å²) in [7, 11) is 0. The van der Waals surface area contributed by atoms with Crippen LogP contribution in [0.4, 0.5) is 0 Å². The molecule has 0 radical (unpaired) electrons. The molecule has 1 saturated carbocycles. The van der Waals surface area contributed by atoms with Gasteiger partial charge < -0.3 is 5.11 Å². The third-order valence-corrected chi connectivity index (χ3v) is 3.58. The number of hydrogen-bond donors (Lipinski definition) is 2. The van der Waals surface area contributed by atoms with Crippen molar-refractivity contribution in [1.82, 2.24) is 5.43 Å². The minimum absolute atomic E-state index is 0.0295. The summed E-state index contributed by atoms with van der Waals surface area (Å²) in [4.78, 5) is 11.3. The van der Waals surface area contributed by atoms with E-state index in [1.54, 1.807) is 12.1 Å². The Morgan fingerprint density at radius 2 is 2.00 bits per heavy atom. The Bertz CT molecular complexity index is 461. The molecule has 0 aliphatic heterocycles. The van der Waals surface area contributed by atoms with E-state index in [1.165, 1.54) is 6.21 Å². The molecule has 0 unspecified atom stereocenters. The van der Waals surface area contributed by atoms with Gasteiger partial charge in [-0.2, -0.15) is 5.10 Å². The lowest BCUT2D eigenvalue weighted by Gasteiger charge is -2.02. The number of halogens is 2. The molecule has 17 heavy (non-hydrogen) atoms. The summed E-state index contributed by atoms with van der Waals surface area (Å²) in [6.07, 6.45) is 3.45. The molecule has 4 nitrogen and oxygen atoms in total. The number of phenols is 1. The van der Waals surface area contributed by atoms with Gasteiger partial charge in [0.2, 0.25) is 5.91 Å². The van der Waals surface area contributed by atoms with Crippen LogP contribution in [0.1, 0.15) is 18.4 Å². The number of amides is 1. The van der Waals surface area contributed by atoms with E-state index in [0.29, 0.717) is 8.95 Å². The summed E-state index contributed by atoms with van der Waals surface area (Å²) in [5.74, 6) is 0.257. The molecule has 0 spiro atoms. The number of hydrazone groups is 1. The van der Waals surface area contributed by atoms with Crippen molar-refractivity contribution in [2.24, 2.45) is 11.0 Å². The van der Waals surface area contributed by atoms with Gasteiger partial charge in [0.25, 0.3) is 0 Å². The highest BCUT2D eigenvalue weighted by atomic mass is 79.9. The molecule has 0 saturated heterocycles. The average Bonchev–Trinajstić information content (AvgIpc) is 3.09. The molecule has 1 aliphatic carbocycles. The van der Waals surface area contributed by atoms with E-state index in [-0.39, 0.29) is 17.6 Å². The van der Waals surface area contributed by atoms with Crippen molar-refractivity contribution in [1.29, 1.82) is 0 Å². The quantitative estimate of drug-likeness (QED) is 0.642. The highest BCUT2D eigenvalue weighted by Crippen LogP contribution is 2.32. The van der Waals surface area contributed by atoms with Crippen LogP contribution in [0.3, 0.4) is 0 Å². The predicted molar refractivity (Wildman–Crippen MR) is 72.0 cm³/mol. The van der Waals surface area contributed by atoms with Gasteiger partial charge in [0.15, 0.2) is 0 Å². The van der Waals surface area contributed by atoms with E-state index < -0.39 is 0 Å².